The number of aromatic nitrogens is 3. The Morgan fingerprint density at radius 2 is 2.00 bits per heavy atom. The van der Waals surface area contributed by atoms with Crippen molar-refractivity contribution in [3.63, 3.8) is 0 Å². The van der Waals surface area contributed by atoms with Crippen LogP contribution in [-0.4, -0.2) is 46.2 Å². The maximum absolute atomic E-state index is 11.1. The van der Waals surface area contributed by atoms with Crippen LogP contribution >= 0.6 is 12.4 Å². The number of hydrogen-bond acceptors (Lipinski definition) is 7. The van der Waals surface area contributed by atoms with Gasteiger partial charge in [0, 0.05) is 18.2 Å². The van der Waals surface area contributed by atoms with Gasteiger partial charge in [0.05, 0.1) is 24.1 Å². The zero-order valence-corrected chi connectivity index (χ0v) is 19.4. The van der Waals surface area contributed by atoms with Gasteiger partial charge in [0.25, 0.3) is 0 Å². The number of hydrogen-bond donors (Lipinski definition) is 3. The number of benzene rings is 1. The molecule has 2 heterocycles. The third-order valence-electron chi connectivity index (χ3n) is 6.43. The Balaban J connectivity index is 0.00000153. The van der Waals surface area contributed by atoms with E-state index in [9.17, 15) is 13.5 Å². The number of anilines is 1. The van der Waals surface area contributed by atoms with Crippen molar-refractivity contribution in [2.75, 3.05) is 11.9 Å². The summed E-state index contributed by atoms with van der Waals surface area (Å²) in [7, 11) is -4.03. The van der Waals surface area contributed by atoms with Crippen molar-refractivity contribution in [3.8, 4) is 0 Å². The standard InChI is InChI=1S/C21H25N5O4S.ClH.H2O/c22-31(28,29)30-11-14-9-15(10-19(14)27)26-8-7-17-20(23-12-24-21(17)26)25-18-6-5-13-3-1-2-4-16(13)18;;/h1-4,7-8,12,14-15,18-19,27H,5-6,9-11H2,(H2,22,28,29)(H,23,24,25);1H;1H2/t14-,15+,18-,19-;;/m0../s1. The second kappa shape index (κ2) is 9.92. The van der Waals surface area contributed by atoms with Gasteiger partial charge in [-0.05, 0) is 42.9 Å². The molecule has 0 amide bonds. The lowest BCUT2D eigenvalue weighted by Gasteiger charge is -2.16. The van der Waals surface area contributed by atoms with E-state index in [-0.39, 0.29) is 42.5 Å². The summed E-state index contributed by atoms with van der Waals surface area (Å²) in [5.74, 6) is 0.480. The molecule has 5 rings (SSSR count). The van der Waals surface area contributed by atoms with Crippen LogP contribution in [0.25, 0.3) is 11.0 Å². The van der Waals surface area contributed by atoms with Crippen LogP contribution in [0, 0.1) is 5.92 Å². The minimum Gasteiger partial charge on any atom is -0.412 e. The molecule has 1 fully saturated rings. The minimum atomic E-state index is -4.03. The summed E-state index contributed by atoms with van der Waals surface area (Å²) in [5, 5.41) is 19.8. The summed E-state index contributed by atoms with van der Waals surface area (Å²) in [4.78, 5) is 8.97. The molecule has 2 aliphatic rings. The molecule has 180 valence electrons. The summed E-state index contributed by atoms with van der Waals surface area (Å²) in [6, 6.07) is 10.6. The fraction of sp³-hybridized carbons (Fsp3) is 0.429. The molecular formula is C21H28ClN5O5S. The number of aliphatic hydroxyl groups is 1. The smallest absolute Gasteiger partial charge is 0.333 e. The lowest BCUT2D eigenvalue weighted by atomic mass is 10.1. The Bertz CT molecular complexity index is 1220. The van der Waals surface area contributed by atoms with E-state index >= 15 is 0 Å². The third kappa shape index (κ3) is 5.13. The predicted octanol–water partition coefficient (Wildman–Crippen LogP) is 1.66. The number of nitrogens with zero attached hydrogens (tertiary/aromatic N) is 3. The normalized spacial score (nSPS) is 24.2. The topological polar surface area (TPSA) is 164 Å². The van der Waals surface area contributed by atoms with E-state index in [1.165, 1.54) is 11.1 Å². The van der Waals surface area contributed by atoms with Crippen LogP contribution in [0.2, 0.25) is 0 Å². The molecule has 2 aromatic heterocycles. The highest BCUT2D eigenvalue weighted by Gasteiger charge is 2.35. The average molecular weight is 498 g/mol. The van der Waals surface area contributed by atoms with Gasteiger partial charge >= 0.3 is 10.3 Å². The van der Waals surface area contributed by atoms with Gasteiger partial charge in [0.1, 0.15) is 17.8 Å². The van der Waals surface area contributed by atoms with E-state index in [0.29, 0.717) is 12.8 Å². The van der Waals surface area contributed by atoms with Crippen molar-refractivity contribution >= 4 is 39.6 Å². The molecular weight excluding hydrogens is 470 g/mol. The van der Waals surface area contributed by atoms with Crippen molar-refractivity contribution < 1.29 is 23.2 Å². The third-order valence-corrected chi connectivity index (χ3v) is 6.89. The van der Waals surface area contributed by atoms with Crippen LogP contribution in [-0.2, 0) is 20.9 Å². The molecule has 0 radical (unpaired) electrons. The molecule has 0 saturated heterocycles. The zero-order valence-electron chi connectivity index (χ0n) is 17.8. The van der Waals surface area contributed by atoms with Gasteiger partial charge in [0.15, 0.2) is 0 Å². The molecule has 33 heavy (non-hydrogen) atoms. The zero-order chi connectivity index (χ0) is 21.6. The van der Waals surface area contributed by atoms with Crippen LogP contribution in [0.4, 0.5) is 5.82 Å². The van der Waals surface area contributed by atoms with Crippen LogP contribution in [0.1, 0.15) is 42.5 Å². The molecule has 1 aromatic carbocycles. The summed E-state index contributed by atoms with van der Waals surface area (Å²) in [5.41, 5.74) is 3.47. The molecule has 3 aromatic rings. The first-order valence-electron chi connectivity index (χ1n) is 10.4. The number of nitrogens with two attached hydrogens (primary N) is 1. The highest BCUT2D eigenvalue weighted by molar-refractivity contribution is 7.84. The molecule has 0 unspecified atom stereocenters. The van der Waals surface area contributed by atoms with Crippen LogP contribution < -0.4 is 10.5 Å². The lowest BCUT2D eigenvalue weighted by Crippen LogP contribution is -2.24. The predicted molar refractivity (Wildman–Crippen MR) is 126 cm³/mol. The Labute approximate surface area is 198 Å². The van der Waals surface area contributed by atoms with E-state index in [1.807, 2.05) is 16.8 Å². The largest absolute Gasteiger partial charge is 0.412 e. The first-order chi connectivity index (χ1) is 14.9. The van der Waals surface area contributed by atoms with Crippen LogP contribution in [0.15, 0.2) is 42.9 Å². The van der Waals surface area contributed by atoms with Crippen molar-refractivity contribution in [2.24, 2.45) is 11.1 Å². The number of halogens is 1. The highest BCUT2D eigenvalue weighted by atomic mass is 35.5. The molecule has 0 bridgehead atoms. The minimum absolute atomic E-state index is 0. The van der Waals surface area contributed by atoms with Gasteiger partial charge in [-0.1, -0.05) is 24.3 Å². The molecule has 12 heteroatoms. The van der Waals surface area contributed by atoms with Crippen LogP contribution in [0.5, 0.6) is 0 Å². The van der Waals surface area contributed by atoms with Gasteiger partial charge < -0.3 is 20.5 Å². The van der Waals surface area contributed by atoms with E-state index in [4.69, 9.17) is 9.32 Å². The number of fused-ring (bicyclic) bond motifs is 2. The quantitative estimate of drug-likeness (QED) is 0.466. The summed E-state index contributed by atoms with van der Waals surface area (Å²) < 4.78 is 28.9. The van der Waals surface area contributed by atoms with Crippen molar-refractivity contribution in [1.82, 2.24) is 14.5 Å². The molecule has 0 spiro atoms. The SMILES string of the molecule is Cl.NS(=O)(=O)OC[C@@H]1C[C@@H](n2ccc3c(N[C@H]4CCc5ccccc54)ncnc32)C[C@@H]1O.O. The van der Waals surface area contributed by atoms with E-state index < -0.39 is 16.4 Å². The van der Waals surface area contributed by atoms with Crippen LogP contribution in [0.3, 0.4) is 0 Å². The van der Waals surface area contributed by atoms with Gasteiger partial charge in [0.2, 0.25) is 0 Å². The van der Waals surface area contributed by atoms with Gasteiger partial charge in [-0.3, -0.25) is 4.18 Å². The van der Waals surface area contributed by atoms with E-state index in [2.05, 4.69) is 39.6 Å². The Hall–Kier alpha value is -2.28. The van der Waals surface area contributed by atoms with E-state index in [0.717, 1.165) is 29.7 Å². The average Bonchev–Trinajstić information content (AvgIpc) is 3.43. The summed E-state index contributed by atoms with van der Waals surface area (Å²) >= 11 is 0. The number of aryl methyl sites for hydroxylation is 1. The second-order valence-corrected chi connectivity index (χ2v) is 9.57. The maximum Gasteiger partial charge on any atom is 0.333 e. The van der Waals surface area contributed by atoms with Crippen molar-refractivity contribution in [3.05, 3.63) is 54.0 Å². The summed E-state index contributed by atoms with van der Waals surface area (Å²) in [6.07, 6.45) is 5.96. The lowest BCUT2D eigenvalue weighted by molar-refractivity contribution is 0.100. The fourth-order valence-electron chi connectivity index (χ4n) is 4.92. The van der Waals surface area contributed by atoms with Gasteiger partial charge in [-0.25, -0.2) is 15.1 Å². The number of nitrogens with one attached hydrogen (secondary N) is 1. The molecule has 0 aliphatic heterocycles. The molecule has 2 aliphatic carbocycles. The van der Waals surface area contributed by atoms with Gasteiger partial charge in [-0.15, -0.1) is 12.4 Å². The first kappa shape index (κ1) is 25.3. The molecule has 1 saturated carbocycles. The molecule has 4 atom stereocenters. The van der Waals surface area contributed by atoms with Crippen molar-refractivity contribution in [2.45, 2.75) is 43.9 Å². The molecule has 10 nitrogen and oxygen atoms in total. The summed E-state index contributed by atoms with van der Waals surface area (Å²) in [6.45, 7) is -0.126. The van der Waals surface area contributed by atoms with E-state index in [1.54, 1.807) is 6.33 Å². The Morgan fingerprint density at radius 3 is 2.79 bits per heavy atom. The number of aliphatic hydroxyl groups excluding tert-OH is 1. The first-order valence-corrected chi connectivity index (χ1v) is 11.9. The van der Waals surface area contributed by atoms with Crippen molar-refractivity contribution in [1.29, 1.82) is 0 Å². The molecule has 6 N–H and O–H groups in total. The second-order valence-electron chi connectivity index (χ2n) is 8.35. The van der Waals surface area contributed by atoms with Gasteiger partial charge in [-0.2, -0.15) is 8.42 Å². The Morgan fingerprint density at radius 1 is 1.21 bits per heavy atom. The Kier molecular flexibility index (Phi) is 7.62. The monoisotopic (exact) mass is 497 g/mol. The highest BCUT2D eigenvalue weighted by Crippen LogP contribution is 2.39. The fourth-order valence-corrected chi connectivity index (χ4v) is 5.28. The maximum atomic E-state index is 11.1. The number of rotatable bonds is 6.